The molecule has 0 amide bonds. The van der Waals surface area contributed by atoms with Crippen molar-refractivity contribution in [2.75, 3.05) is 32.6 Å². The molecule has 0 aliphatic heterocycles. The second kappa shape index (κ2) is 9.65. The number of hydrogen-bond donors (Lipinski definition) is 1. The molecule has 0 saturated heterocycles. The normalized spacial score (nSPS) is 12.4. The number of nitrogens with zero attached hydrogens (tertiary/aromatic N) is 1. The lowest BCUT2D eigenvalue weighted by atomic mass is 10.1. The predicted octanol–water partition coefficient (Wildman–Crippen LogP) is 4.01. The van der Waals surface area contributed by atoms with Gasteiger partial charge in [0, 0.05) is 18.3 Å². The molecule has 0 radical (unpaired) electrons. The van der Waals surface area contributed by atoms with Gasteiger partial charge in [0.2, 0.25) is 0 Å². The molecule has 0 aliphatic carbocycles. The minimum absolute atomic E-state index is 0.579. The van der Waals surface area contributed by atoms with Gasteiger partial charge < -0.3 is 15.0 Å². The summed E-state index contributed by atoms with van der Waals surface area (Å²) in [7, 11) is 4.11. The second-order valence-electron chi connectivity index (χ2n) is 5.57. The summed E-state index contributed by atoms with van der Waals surface area (Å²) >= 11 is 0. The van der Waals surface area contributed by atoms with E-state index in [2.05, 4.69) is 50.3 Å². The van der Waals surface area contributed by atoms with Crippen molar-refractivity contribution in [2.24, 2.45) is 0 Å². The van der Waals surface area contributed by atoms with Crippen LogP contribution < -0.4 is 10.1 Å². The van der Waals surface area contributed by atoms with Gasteiger partial charge in [0.05, 0.1) is 0 Å². The number of anilines is 1. The molecule has 20 heavy (non-hydrogen) atoms. The van der Waals surface area contributed by atoms with Gasteiger partial charge in [-0.3, -0.25) is 0 Å². The standard InChI is InChI=1S/C17H30N2O/c1-5-7-8-15(6-2)18-16-9-11-17(12-10-16)20-14-13-19(3)4/h9-12,15,18H,5-8,13-14H2,1-4H3. The average molecular weight is 278 g/mol. The topological polar surface area (TPSA) is 24.5 Å². The van der Waals surface area contributed by atoms with Crippen molar-refractivity contribution in [2.45, 2.75) is 45.6 Å². The fraction of sp³-hybridized carbons (Fsp3) is 0.647. The molecular weight excluding hydrogens is 248 g/mol. The Balaban J connectivity index is 2.40. The highest BCUT2D eigenvalue weighted by Crippen LogP contribution is 2.18. The quantitative estimate of drug-likeness (QED) is 0.700. The van der Waals surface area contributed by atoms with Crippen LogP contribution in [0.4, 0.5) is 5.69 Å². The van der Waals surface area contributed by atoms with Gasteiger partial charge in [0.1, 0.15) is 12.4 Å². The van der Waals surface area contributed by atoms with Gasteiger partial charge in [-0.05, 0) is 51.2 Å². The van der Waals surface area contributed by atoms with Crippen LogP contribution in [0.25, 0.3) is 0 Å². The molecule has 1 atom stereocenters. The average Bonchev–Trinajstić information content (AvgIpc) is 2.44. The first-order valence-corrected chi connectivity index (χ1v) is 7.79. The largest absolute Gasteiger partial charge is 0.492 e. The van der Waals surface area contributed by atoms with Gasteiger partial charge in [-0.1, -0.05) is 26.7 Å². The highest BCUT2D eigenvalue weighted by Gasteiger charge is 2.05. The molecule has 0 aromatic heterocycles. The Morgan fingerprint density at radius 2 is 1.85 bits per heavy atom. The number of ether oxygens (including phenoxy) is 1. The molecule has 0 fully saturated rings. The summed E-state index contributed by atoms with van der Waals surface area (Å²) in [5.74, 6) is 0.944. The van der Waals surface area contributed by atoms with E-state index in [9.17, 15) is 0 Å². The van der Waals surface area contributed by atoms with E-state index >= 15 is 0 Å². The van der Waals surface area contributed by atoms with Crippen LogP contribution in [0.5, 0.6) is 5.75 Å². The van der Waals surface area contributed by atoms with E-state index in [0.717, 1.165) is 18.9 Å². The fourth-order valence-corrected chi connectivity index (χ4v) is 2.06. The van der Waals surface area contributed by atoms with Crippen LogP contribution in [-0.4, -0.2) is 38.2 Å². The summed E-state index contributed by atoms with van der Waals surface area (Å²) in [5, 5.41) is 3.60. The number of unbranched alkanes of at least 4 members (excludes halogenated alkanes) is 1. The maximum Gasteiger partial charge on any atom is 0.119 e. The predicted molar refractivity (Wildman–Crippen MR) is 87.7 cm³/mol. The van der Waals surface area contributed by atoms with Crippen molar-refractivity contribution in [1.29, 1.82) is 0 Å². The molecule has 0 bridgehead atoms. The lowest BCUT2D eigenvalue weighted by Crippen LogP contribution is -2.19. The van der Waals surface area contributed by atoms with Gasteiger partial charge in [0.15, 0.2) is 0 Å². The molecule has 114 valence electrons. The lowest BCUT2D eigenvalue weighted by Gasteiger charge is -2.18. The number of benzene rings is 1. The van der Waals surface area contributed by atoms with Crippen molar-refractivity contribution in [1.82, 2.24) is 4.90 Å². The second-order valence-corrected chi connectivity index (χ2v) is 5.57. The zero-order chi connectivity index (χ0) is 14.8. The molecule has 0 spiro atoms. The summed E-state index contributed by atoms with van der Waals surface area (Å²) in [6.07, 6.45) is 4.96. The molecule has 0 heterocycles. The van der Waals surface area contributed by atoms with Gasteiger partial charge >= 0.3 is 0 Å². The van der Waals surface area contributed by atoms with Crippen LogP contribution in [0, 0.1) is 0 Å². The van der Waals surface area contributed by atoms with Crippen molar-refractivity contribution >= 4 is 5.69 Å². The number of hydrogen-bond acceptors (Lipinski definition) is 3. The first-order valence-electron chi connectivity index (χ1n) is 7.79. The van der Waals surface area contributed by atoms with Crippen molar-refractivity contribution in [3.8, 4) is 5.75 Å². The van der Waals surface area contributed by atoms with Crippen LogP contribution in [0.3, 0.4) is 0 Å². The lowest BCUT2D eigenvalue weighted by molar-refractivity contribution is 0.261. The zero-order valence-electron chi connectivity index (χ0n) is 13.5. The molecular formula is C17H30N2O. The number of nitrogens with one attached hydrogen (secondary N) is 1. The Kier molecular flexibility index (Phi) is 8.12. The first-order chi connectivity index (χ1) is 9.65. The van der Waals surface area contributed by atoms with Crippen LogP contribution >= 0.6 is 0 Å². The minimum Gasteiger partial charge on any atom is -0.492 e. The Morgan fingerprint density at radius 3 is 2.40 bits per heavy atom. The molecule has 1 N–H and O–H groups in total. The van der Waals surface area contributed by atoms with Gasteiger partial charge in [-0.2, -0.15) is 0 Å². The van der Waals surface area contributed by atoms with E-state index in [4.69, 9.17) is 4.74 Å². The fourth-order valence-electron chi connectivity index (χ4n) is 2.06. The summed E-state index contributed by atoms with van der Waals surface area (Å²) in [6.45, 7) is 6.15. The van der Waals surface area contributed by atoms with Crippen molar-refractivity contribution in [3.05, 3.63) is 24.3 Å². The summed E-state index contributed by atoms with van der Waals surface area (Å²) in [6, 6.07) is 8.89. The molecule has 0 aliphatic rings. The van der Waals surface area contributed by atoms with E-state index in [1.807, 2.05) is 12.1 Å². The number of rotatable bonds is 10. The monoisotopic (exact) mass is 278 g/mol. The SMILES string of the molecule is CCCCC(CC)Nc1ccc(OCCN(C)C)cc1. The summed E-state index contributed by atoms with van der Waals surface area (Å²) in [4.78, 5) is 2.12. The van der Waals surface area contributed by atoms with Crippen molar-refractivity contribution in [3.63, 3.8) is 0 Å². The van der Waals surface area contributed by atoms with Crippen LogP contribution in [-0.2, 0) is 0 Å². The third-order valence-electron chi connectivity index (χ3n) is 3.43. The zero-order valence-corrected chi connectivity index (χ0v) is 13.5. The highest BCUT2D eigenvalue weighted by molar-refractivity contribution is 5.47. The summed E-state index contributed by atoms with van der Waals surface area (Å²) in [5.41, 5.74) is 1.19. The molecule has 0 saturated carbocycles. The van der Waals surface area contributed by atoms with Crippen molar-refractivity contribution < 1.29 is 4.74 Å². The molecule has 3 heteroatoms. The third-order valence-corrected chi connectivity index (χ3v) is 3.43. The smallest absolute Gasteiger partial charge is 0.119 e. The van der Waals surface area contributed by atoms with E-state index in [1.54, 1.807) is 0 Å². The molecule has 1 rings (SSSR count). The van der Waals surface area contributed by atoms with E-state index in [0.29, 0.717) is 6.04 Å². The van der Waals surface area contributed by atoms with Gasteiger partial charge in [0.25, 0.3) is 0 Å². The molecule has 1 unspecified atom stereocenters. The maximum atomic E-state index is 5.70. The number of likely N-dealkylation sites (N-methyl/N-ethyl adjacent to an activating group) is 1. The Morgan fingerprint density at radius 1 is 1.15 bits per heavy atom. The molecule has 3 nitrogen and oxygen atoms in total. The molecule has 1 aromatic carbocycles. The van der Waals surface area contributed by atoms with Crippen LogP contribution in [0.1, 0.15) is 39.5 Å². The highest BCUT2D eigenvalue weighted by atomic mass is 16.5. The van der Waals surface area contributed by atoms with E-state index in [1.165, 1.54) is 31.4 Å². The van der Waals surface area contributed by atoms with Crippen LogP contribution in [0.15, 0.2) is 24.3 Å². The Bertz CT molecular complexity index is 349. The van der Waals surface area contributed by atoms with Gasteiger partial charge in [-0.25, -0.2) is 0 Å². The van der Waals surface area contributed by atoms with E-state index < -0.39 is 0 Å². The minimum atomic E-state index is 0.579. The first kappa shape index (κ1) is 16.8. The third kappa shape index (κ3) is 6.80. The van der Waals surface area contributed by atoms with E-state index in [-0.39, 0.29) is 0 Å². The Labute approximate surface area is 124 Å². The van der Waals surface area contributed by atoms with Gasteiger partial charge in [-0.15, -0.1) is 0 Å². The molecule has 1 aromatic rings. The Hall–Kier alpha value is -1.22. The maximum absolute atomic E-state index is 5.70. The van der Waals surface area contributed by atoms with Crippen LogP contribution in [0.2, 0.25) is 0 Å². The summed E-state index contributed by atoms with van der Waals surface area (Å²) < 4.78 is 5.70.